The van der Waals surface area contributed by atoms with Crippen molar-refractivity contribution in [3.8, 4) is 5.75 Å². The van der Waals surface area contributed by atoms with Gasteiger partial charge < -0.3 is 9.47 Å². The number of aryl methyl sites for hydroxylation is 1. The molecule has 2 heterocycles. The first-order valence-corrected chi connectivity index (χ1v) is 12.1. The first kappa shape index (κ1) is 23.7. The first-order chi connectivity index (χ1) is 16.3. The zero-order valence-electron chi connectivity index (χ0n) is 20.0. The van der Waals surface area contributed by atoms with Crippen LogP contribution in [0.1, 0.15) is 50.4 Å². The second kappa shape index (κ2) is 9.81. The van der Waals surface area contributed by atoms with Crippen molar-refractivity contribution in [2.45, 2.75) is 46.8 Å². The SMILES string of the molecule is CCOC(=O)C1=C(C)N=c2s/c(=C/c3ccc(C)cc3)c(=O)n2[C@H]1c1ccccc1OC(C)C. The fraction of sp³-hybridized carbons (Fsp3) is 0.296. The van der Waals surface area contributed by atoms with Crippen LogP contribution >= 0.6 is 11.3 Å². The van der Waals surface area contributed by atoms with Gasteiger partial charge in [0.25, 0.3) is 5.56 Å². The summed E-state index contributed by atoms with van der Waals surface area (Å²) in [6.45, 7) is 9.67. The van der Waals surface area contributed by atoms with Gasteiger partial charge in [0, 0.05) is 5.56 Å². The number of ether oxygens (including phenoxy) is 2. The molecule has 0 amide bonds. The van der Waals surface area contributed by atoms with Gasteiger partial charge in [0.1, 0.15) is 11.8 Å². The quantitative estimate of drug-likeness (QED) is 0.506. The molecule has 0 radical (unpaired) electrons. The summed E-state index contributed by atoms with van der Waals surface area (Å²) in [6, 6.07) is 14.8. The lowest BCUT2D eigenvalue weighted by molar-refractivity contribution is -0.139. The Balaban J connectivity index is 1.97. The van der Waals surface area contributed by atoms with Gasteiger partial charge in [-0.3, -0.25) is 9.36 Å². The van der Waals surface area contributed by atoms with E-state index in [1.54, 1.807) is 18.4 Å². The molecule has 4 rings (SSSR count). The molecule has 0 spiro atoms. The minimum atomic E-state index is -0.703. The van der Waals surface area contributed by atoms with Crippen molar-refractivity contribution in [2.75, 3.05) is 6.61 Å². The second-order valence-corrected chi connectivity index (χ2v) is 9.43. The van der Waals surface area contributed by atoms with Crippen LogP contribution in [0, 0.1) is 6.92 Å². The molecule has 6 nitrogen and oxygen atoms in total. The number of aromatic nitrogens is 1. The minimum Gasteiger partial charge on any atom is -0.491 e. The molecule has 176 valence electrons. The van der Waals surface area contributed by atoms with E-state index in [-0.39, 0.29) is 18.3 Å². The third-order valence-electron chi connectivity index (χ3n) is 5.47. The average Bonchev–Trinajstić information content (AvgIpc) is 3.09. The molecule has 34 heavy (non-hydrogen) atoms. The van der Waals surface area contributed by atoms with Crippen molar-refractivity contribution in [2.24, 2.45) is 4.99 Å². The van der Waals surface area contributed by atoms with Crippen LogP contribution in [0.15, 0.2) is 69.6 Å². The summed E-state index contributed by atoms with van der Waals surface area (Å²) in [7, 11) is 0. The summed E-state index contributed by atoms with van der Waals surface area (Å²) in [5.74, 6) is 0.132. The van der Waals surface area contributed by atoms with E-state index < -0.39 is 12.0 Å². The standard InChI is InChI=1S/C27H28N2O4S/c1-6-32-26(31)23-18(5)28-27-29(24(23)20-9-7-8-10-21(20)33-16(2)3)25(30)22(34-27)15-19-13-11-17(4)12-14-19/h7-16,24H,6H2,1-5H3/b22-15+/t24-/m0/s1. The number of benzene rings is 2. The summed E-state index contributed by atoms with van der Waals surface area (Å²) >= 11 is 1.31. The maximum atomic E-state index is 13.7. The molecule has 1 aliphatic heterocycles. The lowest BCUT2D eigenvalue weighted by Crippen LogP contribution is -2.40. The molecule has 1 aromatic heterocycles. The Morgan fingerprint density at radius 1 is 1.15 bits per heavy atom. The van der Waals surface area contributed by atoms with Gasteiger partial charge in [0.15, 0.2) is 4.80 Å². The summed E-state index contributed by atoms with van der Waals surface area (Å²) in [5.41, 5.74) is 3.47. The summed E-state index contributed by atoms with van der Waals surface area (Å²) in [6.07, 6.45) is 1.79. The van der Waals surface area contributed by atoms with Crippen molar-refractivity contribution in [3.63, 3.8) is 0 Å². The van der Waals surface area contributed by atoms with Crippen molar-refractivity contribution in [1.29, 1.82) is 0 Å². The highest BCUT2D eigenvalue weighted by Gasteiger charge is 2.35. The number of fused-ring (bicyclic) bond motifs is 1. The predicted octanol–water partition coefficient (Wildman–Crippen LogP) is 3.89. The van der Waals surface area contributed by atoms with Gasteiger partial charge in [-0.1, -0.05) is 59.4 Å². The van der Waals surface area contributed by atoms with Gasteiger partial charge in [-0.25, -0.2) is 9.79 Å². The fourth-order valence-corrected chi connectivity index (χ4v) is 5.01. The van der Waals surface area contributed by atoms with Gasteiger partial charge in [-0.15, -0.1) is 0 Å². The van der Waals surface area contributed by atoms with Gasteiger partial charge in [0.05, 0.1) is 28.5 Å². The number of hydrogen-bond donors (Lipinski definition) is 0. The van der Waals surface area contributed by atoms with Crippen LogP contribution in [0.25, 0.3) is 6.08 Å². The average molecular weight is 477 g/mol. The molecule has 0 saturated carbocycles. The largest absolute Gasteiger partial charge is 0.491 e. The van der Waals surface area contributed by atoms with E-state index in [0.29, 0.717) is 26.4 Å². The van der Waals surface area contributed by atoms with E-state index in [4.69, 9.17) is 9.47 Å². The highest BCUT2D eigenvalue weighted by molar-refractivity contribution is 7.07. The number of allylic oxidation sites excluding steroid dienone is 1. The number of rotatable bonds is 6. The Morgan fingerprint density at radius 2 is 1.85 bits per heavy atom. The Labute approximate surface area is 202 Å². The first-order valence-electron chi connectivity index (χ1n) is 11.3. The molecule has 1 atom stereocenters. The van der Waals surface area contributed by atoms with Crippen LogP contribution in [0.5, 0.6) is 5.75 Å². The van der Waals surface area contributed by atoms with Crippen molar-refractivity contribution < 1.29 is 14.3 Å². The number of hydrogen-bond acceptors (Lipinski definition) is 6. The Hall–Kier alpha value is -3.45. The van der Waals surface area contributed by atoms with Crippen LogP contribution in [-0.4, -0.2) is 23.2 Å². The van der Waals surface area contributed by atoms with Crippen molar-refractivity contribution >= 4 is 23.4 Å². The number of thiazole rings is 1. The Kier molecular flexibility index (Phi) is 6.84. The highest BCUT2D eigenvalue weighted by atomic mass is 32.1. The number of esters is 1. The molecule has 0 bridgehead atoms. The maximum absolute atomic E-state index is 13.7. The smallest absolute Gasteiger partial charge is 0.338 e. The van der Waals surface area contributed by atoms with Crippen molar-refractivity contribution in [3.05, 3.63) is 96.2 Å². The monoisotopic (exact) mass is 476 g/mol. The zero-order valence-corrected chi connectivity index (χ0v) is 20.8. The molecule has 3 aromatic rings. The number of carbonyl (C=O) groups is 1. The molecule has 0 unspecified atom stereocenters. The van der Waals surface area contributed by atoms with Crippen LogP contribution in [0.4, 0.5) is 0 Å². The topological polar surface area (TPSA) is 69.9 Å². The number of para-hydroxylation sites is 1. The lowest BCUT2D eigenvalue weighted by Gasteiger charge is -2.26. The zero-order chi connectivity index (χ0) is 24.4. The number of carbonyl (C=O) groups excluding carboxylic acids is 1. The Morgan fingerprint density at radius 3 is 2.53 bits per heavy atom. The molecule has 0 fully saturated rings. The second-order valence-electron chi connectivity index (χ2n) is 8.42. The highest BCUT2D eigenvalue weighted by Crippen LogP contribution is 2.36. The third-order valence-corrected chi connectivity index (χ3v) is 6.45. The van der Waals surface area contributed by atoms with Gasteiger partial charge in [0.2, 0.25) is 0 Å². The van der Waals surface area contributed by atoms with E-state index >= 15 is 0 Å². The van der Waals surface area contributed by atoms with Gasteiger partial charge in [-0.2, -0.15) is 0 Å². The number of nitrogens with zero attached hydrogens (tertiary/aromatic N) is 2. The molecule has 0 N–H and O–H groups in total. The molecule has 1 aliphatic rings. The molecular weight excluding hydrogens is 448 g/mol. The van der Waals surface area contributed by atoms with E-state index in [9.17, 15) is 9.59 Å². The van der Waals surface area contributed by atoms with Crippen LogP contribution in [0.2, 0.25) is 0 Å². The fourth-order valence-electron chi connectivity index (χ4n) is 3.97. The molecular formula is C27H28N2O4S. The molecule has 2 aromatic carbocycles. The molecule has 0 saturated heterocycles. The van der Waals surface area contributed by atoms with Gasteiger partial charge >= 0.3 is 5.97 Å². The van der Waals surface area contributed by atoms with E-state index in [2.05, 4.69) is 4.99 Å². The normalized spacial score (nSPS) is 15.8. The predicted molar refractivity (Wildman–Crippen MR) is 134 cm³/mol. The molecule has 7 heteroatoms. The Bertz CT molecular complexity index is 1430. The maximum Gasteiger partial charge on any atom is 0.338 e. The van der Waals surface area contributed by atoms with E-state index in [1.165, 1.54) is 11.3 Å². The molecule has 0 aliphatic carbocycles. The summed E-state index contributed by atoms with van der Waals surface area (Å²) < 4.78 is 13.6. The summed E-state index contributed by atoms with van der Waals surface area (Å²) in [5, 5.41) is 0. The van der Waals surface area contributed by atoms with Crippen LogP contribution in [0.3, 0.4) is 0 Å². The summed E-state index contributed by atoms with van der Waals surface area (Å²) in [4.78, 5) is 32.0. The third kappa shape index (κ3) is 4.61. The van der Waals surface area contributed by atoms with Crippen LogP contribution < -0.4 is 19.6 Å². The van der Waals surface area contributed by atoms with Crippen molar-refractivity contribution in [1.82, 2.24) is 4.57 Å². The minimum absolute atomic E-state index is 0.0744. The van der Waals surface area contributed by atoms with E-state index in [1.807, 2.05) is 75.4 Å². The van der Waals surface area contributed by atoms with Gasteiger partial charge in [-0.05, 0) is 52.3 Å². The lowest BCUT2D eigenvalue weighted by atomic mass is 9.95. The van der Waals surface area contributed by atoms with Crippen LogP contribution in [-0.2, 0) is 9.53 Å². The van der Waals surface area contributed by atoms with E-state index in [0.717, 1.165) is 16.7 Å².